The molecule has 0 aliphatic heterocycles. The van der Waals surface area contributed by atoms with Gasteiger partial charge in [0.2, 0.25) is 0 Å². The van der Waals surface area contributed by atoms with Crippen LogP contribution in [0.2, 0.25) is 0 Å². The maximum absolute atomic E-state index is 13.5. The van der Waals surface area contributed by atoms with Crippen LogP contribution in [0.1, 0.15) is 45.1 Å². The van der Waals surface area contributed by atoms with Crippen molar-refractivity contribution in [2.75, 3.05) is 6.54 Å². The molecule has 2 saturated carbocycles. The van der Waals surface area contributed by atoms with Crippen LogP contribution in [-0.2, 0) is 5.41 Å². The average molecular weight is 265 g/mol. The third-order valence-corrected chi connectivity index (χ3v) is 4.42. The monoisotopic (exact) mass is 265 g/mol. The standard InChI is InChI=1S/C16H21F2N/c1-15(2)8-16(9-15,10-19-14-3-4-14)11-5-12(17)7-13(18)6-11/h5-7,14,19H,3-4,8-10H2,1-2H3. The molecule has 0 heterocycles. The highest BCUT2D eigenvalue weighted by Crippen LogP contribution is 2.55. The Morgan fingerprint density at radius 2 is 1.68 bits per heavy atom. The van der Waals surface area contributed by atoms with Crippen molar-refractivity contribution in [2.24, 2.45) is 5.41 Å². The Labute approximate surface area is 113 Å². The van der Waals surface area contributed by atoms with Gasteiger partial charge in [-0.05, 0) is 48.8 Å². The van der Waals surface area contributed by atoms with E-state index in [1.807, 2.05) is 0 Å². The second-order valence-electron chi connectivity index (χ2n) is 7.11. The fraction of sp³-hybridized carbons (Fsp3) is 0.625. The Hall–Kier alpha value is -0.960. The summed E-state index contributed by atoms with van der Waals surface area (Å²) in [6, 6.07) is 4.59. The van der Waals surface area contributed by atoms with E-state index in [1.165, 1.54) is 25.0 Å². The van der Waals surface area contributed by atoms with E-state index in [0.717, 1.165) is 31.0 Å². The molecule has 2 aliphatic rings. The number of rotatable bonds is 4. The van der Waals surface area contributed by atoms with E-state index in [-0.39, 0.29) is 10.8 Å². The summed E-state index contributed by atoms with van der Waals surface area (Å²) in [6.45, 7) is 5.28. The van der Waals surface area contributed by atoms with E-state index in [2.05, 4.69) is 19.2 Å². The maximum Gasteiger partial charge on any atom is 0.126 e. The first-order chi connectivity index (χ1) is 8.89. The van der Waals surface area contributed by atoms with Crippen molar-refractivity contribution in [3.8, 4) is 0 Å². The predicted octanol–water partition coefficient (Wildman–Crippen LogP) is 3.77. The number of nitrogens with one attached hydrogen (secondary N) is 1. The highest BCUT2D eigenvalue weighted by atomic mass is 19.1. The topological polar surface area (TPSA) is 12.0 Å². The molecule has 0 saturated heterocycles. The highest BCUT2D eigenvalue weighted by Gasteiger charge is 2.50. The van der Waals surface area contributed by atoms with Gasteiger partial charge in [-0.15, -0.1) is 0 Å². The SMILES string of the molecule is CC1(C)CC(CNC2CC2)(c2cc(F)cc(F)c2)C1. The van der Waals surface area contributed by atoms with E-state index in [9.17, 15) is 8.78 Å². The molecule has 2 aliphatic carbocycles. The van der Waals surface area contributed by atoms with Crippen molar-refractivity contribution in [1.29, 1.82) is 0 Å². The Morgan fingerprint density at radius 3 is 2.16 bits per heavy atom. The molecule has 1 N–H and O–H groups in total. The van der Waals surface area contributed by atoms with Gasteiger partial charge in [-0.25, -0.2) is 8.78 Å². The number of hydrogen-bond donors (Lipinski definition) is 1. The summed E-state index contributed by atoms with van der Waals surface area (Å²) in [6.07, 6.45) is 4.44. The van der Waals surface area contributed by atoms with E-state index >= 15 is 0 Å². The maximum atomic E-state index is 13.5. The lowest BCUT2D eigenvalue weighted by Gasteiger charge is -2.54. The van der Waals surface area contributed by atoms with Crippen molar-refractivity contribution in [3.63, 3.8) is 0 Å². The molecule has 0 spiro atoms. The van der Waals surface area contributed by atoms with Gasteiger partial charge >= 0.3 is 0 Å². The van der Waals surface area contributed by atoms with Gasteiger partial charge in [-0.1, -0.05) is 13.8 Å². The summed E-state index contributed by atoms with van der Waals surface area (Å²) in [5.41, 5.74) is 1.00. The molecule has 3 rings (SSSR count). The molecule has 0 aromatic heterocycles. The van der Waals surface area contributed by atoms with Crippen molar-refractivity contribution in [3.05, 3.63) is 35.4 Å². The molecule has 0 atom stereocenters. The molecular formula is C16H21F2N. The lowest BCUT2D eigenvalue weighted by molar-refractivity contribution is 0.0555. The molecule has 19 heavy (non-hydrogen) atoms. The molecule has 3 heteroatoms. The molecule has 0 unspecified atom stereocenters. The fourth-order valence-corrected chi connectivity index (χ4v) is 3.70. The van der Waals surface area contributed by atoms with Gasteiger partial charge in [-0.2, -0.15) is 0 Å². The third-order valence-electron chi connectivity index (χ3n) is 4.42. The zero-order valence-electron chi connectivity index (χ0n) is 11.6. The molecule has 0 bridgehead atoms. The minimum atomic E-state index is -0.467. The molecule has 104 valence electrons. The quantitative estimate of drug-likeness (QED) is 0.873. The molecule has 1 aromatic carbocycles. The normalized spacial score (nSPS) is 24.0. The summed E-state index contributed by atoms with van der Waals surface area (Å²) < 4.78 is 26.9. The third kappa shape index (κ3) is 2.66. The van der Waals surface area contributed by atoms with Crippen LogP contribution in [0.3, 0.4) is 0 Å². The molecule has 0 radical (unpaired) electrons. The first kappa shape index (κ1) is 13.0. The van der Waals surface area contributed by atoms with Crippen molar-refractivity contribution in [2.45, 2.75) is 51.0 Å². The zero-order valence-corrected chi connectivity index (χ0v) is 11.6. The first-order valence-electron chi connectivity index (χ1n) is 7.09. The second-order valence-corrected chi connectivity index (χ2v) is 7.11. The minimum absolute atomic E-state index is 0.0883. The smallest absolute Gasteiger partial charge is 0.126 e. The van der Waals surface area contributed by atoms with Gasteiger partial charge < -0.3 is 5.32 Å². The van der Waals surface area contributed by atoms with Crippen LogP contribution in [0, 0.1) is 17.0 Å². The average Bonchev–Trinajstić information content (AvgIpc) is 3.05. The molecule has 2 fully saturated rings. The van der Waals surface area contributed by atoms with Crippen molar-refractivity contribution >= 4 is 0 Å². The highest BCUT2D eigenvalue weighted by molar-refractivity contribution is 5.32. The number of benzene rings is 1. The van der Waals surface area contributed by atoms with E-state index in [4.69, 9.17) is 0 Å². The molecule has 1 aromatic rings. The Bertz CT molecular complexity index is 463. The minimum Gasteiger partial charge on any atom is -0.313 e. The van der Waals surface area contributed by atoms with Crippen LogP contribution in [-0.4, -0.2) is 12.6 Å². The Kier molecular flexibility index (Phi) is 2.93. The Balaban J connectivity index is 1.85. The van der Waals surface area contributed by atoms with Crippen LogP contribution in [0.15, 0.2) is 18.2 Å². The lowest BCUT2D eigenvalue weighted by atomic mass is 9.52. The summed E-state index contributed by atoms with van der Waals surface area (Å²) >= 11 is 0. The second kappa shape index (κ2) is 4.27. The summed E-state index contributed by atoms with van der Waals surface area (Å²) in [7, 11) is 0. The summed E-state index contributed by atoms with van der Waals surface area (Å²) in [4.78, 5) is 0. The molecule has 0 amide bonds. The lowest BCUT2D eigenvalue weighted by Crippen LogP contribution is -2.53. The van der Waals surface area contributed by atoms with Gasteiger partial charge in [0.1, 0.15) is 11.6 Å². The van der Waals surface area contributed by atoms with Crippen LogP contribution < -0.4 is 5.32 Å². The van der Waals surface area contributed by atoms with Crippen LogP contribution in [0.4, 0.5) is 8.78 Å². The van der Waals surface area contributed by atoms with Gasteiger partial charge in [0.15, 0.2) is 0 Å². The largest absolute Gasteiger partial charge is 0.313 e. The van der Waals surface area contributed by atoms with Crippen molar-refractivity contribution in [1.82, 2.24) is 5.32 Å². The summed E-state index contributed by atoms with van der Waals surface area (Å²) in [5.74, 6) is -0.934. The zero-order chi connectivity index (χ0) is 13.7. The van der Waals surface area contributed by atoms with Gasteiger partial charge in [0.05, 0.1) is 0 Å². The number of hydrogen-bond acceptors (Lipinski definition) is 1. The van der Waals surface area contributed by atoms with Crippen LogP contribution in [0.5, 0.6) is 0 Å². The fourth-order valence-electron chi connectivity index (χ4n) is 3.70. The van der Waals surface area contributed by atoms with Crippen molar-refractivity contribution < 1.29 is 8.78 Å². The summed E-state index contributed by atoms with van der Waals surface area (Å²) in [5, 5.41) is 3.53. The number of halogens is 2. The Morgan fingerprint density at radius 1 is 1.11 bits per heavy atom. The van der Waals surface area contributed by atoms with Gasteiger partial charge in [0, 0.05) is 24.1 Å². The van der Waals surface area contributed by atoms with Crippen LogP contribution >= 0.6 is 0 Å². The molecular weight excluding hydrogens is 244 g/mol. The van der Waals surface area contributed by atoms with Gasteiger partial charge in [-0.3, -0.25) is 0 Å². The van der Waals surface area contributed by atoms with E-state index in [0.29, 0.717) is 6.04 Å². The predicted molar refractivity (Wildman–Crippen MR) is 72.1 cm³/mol. The van der Waals surface area contributed by atoms with Gasteiger partial charge in [0.25, 0.3) is 0 Å². The van der Waals surface area contributed by atoms with E-state index in [1.54, 1.807) is 0 Å². The van der Waals surface area contributed by atoms with Crippen LogP contribution in [0.25, 0.3) is 0 Å². The molecule has 1 nitrogen and oxygen atoms in total. The first-order valence-corrected chi connectivity index (χ1v) is 7.09. The van der Waals surface area contributed by atoms with E-state index < -0.39 is 11.6 Å².